The van der Waals surface area contributed by atoms with Crippen LogP contribution in [0.3, 0.4) is 0 Å². The van der Waals surface area contributed by atoms with E-state index in [1.165, 1.54) is 0 Å². The number of carbonyl (C=O) groups is 2. The molecule has 4 rings (SSSR count). The Labute approximate surface area is 199 Å². The molecule has 1 spiro atoms. The van der Waals surface area contributed by atoms with Crippen LogP contribution >= 0.6 is 23.2 Å². The van der Waals surface area contributed by atoms with E-state index in [2.05, 4.69) is 31.4 Å². The lowest BCUT2D eigenvalue weighted by atomic mass is 9.62. The summed E-state index contributed by atoms with van der Waals surface area (Å²) in [6, 6.07) is 12.2. The highest BCUT2D eigenvalue weighted by molar-refractivity contribution is 6.31. The van der Waals surface area contributed by atoms with Gasteiger partial charge in [-0.1, -0.05) is 62.2 Å². The van der Waals surface area contributed by atoms with Crippen molar-refractivity contribution in [1.29, 1.82) is 0 Å². The van der Waals surface area contributed by atoms with Crippen molar-refractivity contribution in [2.45, 2.75) is 50.6 Å². The second-order valence-electron chi connectivity index (χ2n) is 10.2. The highest BCUT2D eigenvalue weighted by Gasteiger charge is 2.65. The second kappa shape index (κ2) is 8.05. The van der Waals surface area contributed by atoms with Crippen LogP contribution in [0.5, 0.6) is 0 Å². The zero-order valence-corrected chi connectivity index (χ0v) is 20.5. The second-order valence-corrected chi connectivity index (χ2v) is 11.1. The number of anilines is 1. The van der Waals surface area contributed by atoms with Crippen molar-refractivity contribution in [1.82, 2.24) is 10.2 Å². The van der Waals surface area contributed by atoms with E-state index >= 15 is 0 Å². The van der Waals surface area contributed by atoms with Crippen molar-refractivity contribution in [2.24, 2.45) is 5.41 Å². The molecule has 0 aliphatic carbocycles. The summed E-state index contributed by atoms with van der Waals surface area (Å²) in [6.07, 6.45) is 0.705. The number of nitrogens with one attached hydrogen (secondary N) is 2. The predicted molar refractivity (Wildman–Crippen MR) is 129 cm³/mol. The molecule has 0 radical (unpaired) electrons. The highest BCUT2D eigenvalue weighted by atomic mass is 35.5. The Bertz CT molecular complexity index is 1080. The maximum Gasteiger partial charge on any atom is 0.239 e. The fourth-order valence-corrected chi connectivity index (χ4v) is 5.76. The SMILES string of the molecule is CN(C)C(=O)[C@H]1NC(CC(C)(C)C)C2(C(=O)Nc3cc(Cl)ccc32)[C@H]1c1cccc(Cl)c1. The highest BCUT2D eigenvalue weighted by Crippen LogP contribution is 2.56. The Morgan fingerprint density at radius 2 is 1.78 bits per heavy atom. The topological polar surface area (TPSA) is 61.4 Å². The largest absolute Gasteiger partial charge is 0.347 e. The molecule has 2 unspecified atom stereocenters. The predicted octanol–water partition coefficient (Wildman–Crippen LogP) is 4.83. The lowest BCUT2D eigenvalue weighted by Crippen LogP contribution is -2.49. The lowest BCUT2D eigenvalue weighted by Gasteiger charge is -2.37. The Morgan fingerprint density at radius 3 is 2.41 bits per heavy atom. The van der Waals surface area contributed by atoms with Crippen molar-refractivity contribution in [2.75, 3.05) is 19.4 Å². The van der Waals surface area contributed by atoms with Gasteiger partial charge in [0.15, 0.2) is 0 Å². The van der Waals surface area contributed by atoms with Gasteiger partial charge in [0.1, 0.15) is 5.41 Å². The quantitative estimate of drug-likeness (QED) is 0.670. The van der Waals surface area contributed by atoms with Crippen molar-refractivity contribution >= 4 is 40.7 Å². The third-order valence-electron chi connectivity index (χ3n) is 6.54. The van der Waals surface area contributed by atoms with E-state index in [4.69, 9.17) is 23.2 Å². The van der Waals surface area contributed by atoms with Crippen LogP contribution < -0.4 is 10.6 Å². The molecule has 170 valence electrons. The first kappa shape index (κ1) is 23.1. The minimum atomic E-state index is -0.978. The molecule has 1 saturated heterocycles. The molecule has 0 saturated carbocycles. The molecular formula is C25H29Cl2N3O2. The van der Waals surface area contributed by atoms with Crippen LogP contribution in [0.25, 0.3) is 0 Å². The summed E-state index contributed by atoms with van der Waals surface area (Å²) in [6.45, 7) is 6.44. The van der Waals surface area contributed by atoms with Gasteiger partial charge in [0, 0.05) is 41.8 Å². The first-order valence-corrected chi connectivity index (χ1v) is 11.5. The maximum absolute atomic E-state index is 13.9. The molecule has 2 aromatic rings. The average molecular weight is 474 g/mol. The van der Waals surface area contributed by atoms with E-state index in [0.29, 0.717) is 22.2 Å². The van der Waals surface area contributed by atoms with E-state index in [1.807, 2.05) is 30.3 Å². The molecule has 2 aromatic carbocycles. The third-order valence-corrected chi connectivity index (χ3v) is 7.01. The Kier molecular flexibility index (Phi) is 5.81. The molecule has 2 heterocycles. The monoisotopic (exact) mass is 473 g/mol. The van der Waals surface area contributed by atoms with Gasteiger partial charge >= 0.3 is 0 Å². The molecule has 1 fully saturated rings. The Morgan fingerprint density at radius 1 is 1.09 bits per heavy atom. The molecule has 32 heavy (non-hydrogen) atoms. The smallest absolute Gasteiger partial charge is 0.239 e. The molecule has 2 aliphatic rings. The minimum Gasteiger partial charge on any atom is -0.347 e. The van der Waals surface area contributed by atoms with Crippen molar-refractivity contribution in [3.63, 3.8) is 0 Å². The number of carbonyl (C=O) groups excluding carboxylic acids is 2. The third kappa shape index (κ3) is 3.70. The van der Waals surface area contributed by atoms with Gasteiger partial charge in [-0.2, -0.15) is 0 Å². The fourth-order valence-electron chi connectivity index (χ4n) is 5.39. The van der Waals surface area contributed by atoms with Crippen LogP contribution in [0.2, 0.25) is 10.0 Å². The summed E-state index contributed by atoms with van der Waals surface area (Å²) >= 11 is 12.6. The van der Waals surface area contributed by atoms with Gasteiger partial charge in [0.2, 0.25) is 11.8 Å². The van der Waals surface area contributed by atoms with E-state index in [1.54, 1.807) is 31.1 Å². The molecule has 4 atom stereocenters. The first-order valence-electron chi connectivity index (χ1n) is 10.8. The molecule has 0 aromatic heterocycles. The van der Waals surface area contributed by atoms with E-state index < -0.39 is 17.4 Å². The zero-order valence-electron chi connectivity index (χ0n) is 19.0. The summed E-state index contributed by atoms with van der Waals surface area (Å²) < 4.78 is 0. The number of halogens is 2. The van der Waals surface area contributed by atoms with Gasteiger partial charge in [-0.3, -0.25) is 9.59 Å². The molecule has 7 heteroatoms. The van der Waals surface area contributed by atoms with E-state index in [0.717, 1.165) is 11.1 Å². The van der Waals surface area contributed by atoms with Gasteiger partial charge < -0.3 is 15.5 Å². The van der Waals surface area contributed by atoms with E-state index in [9.17, 15) is 9.59 Å². The standard InChI is InChI=1S/C25H29Cl2N3O2/c1-24(2,3)13-19-25(17-10-9-16(27)12-18(17)28-23(25)32)20(14-7-6-8-15(26)11-14)21(29-19)22(31)30(4)5/h6-12,19-21,29H,13H2,1-5H3,(H,28,32)/t19?,20-,21-,25?/m0/s1. The van der Waals surface area contributed by atoms with E-state index in [-0.39, 0.29) is 23.3 Å². The average Bonchev–Trinajstić information content (AvgIpc) is 3.15. The van der Waals surface area contributed by atoms with Crippen LogP contribution in [-0.4, -0.2) is 42.9 Å². The Hall–Kier alpha value is -2.08. The van der Waals surface area contributed by atoms with Crippen LogP contribution in [0.4, 0.5) is 5.69 Å². The van der Waals surface area contributed by atoms with Crippen LogP contribution in [0.1, 0.15) is 44.2 Å². The van der Waals surface area contributed by atoms with Gasteiger partial charge in [-0.25, -0.2) is 0 Å². The molecule has 2 N–H and O–H groups in total. The maximum atomic E-state index is 13.9. The van der Waals surface area contributed by atoms with Crippen LogP contribution in [0.15, 0.2) is 42.5 Å². The summed E-state index contributed by atoms with van der Waals surface area (Å²) in [5.41, 5.74) is 1.38. The number of hydrogen-bond donors (Lipinski definition) is 2. The number of hydrogen-bond acceptors (Lipinski definition) is 3. The number of amides is 2. The van der Waals surface area contributed by atoms with Crippen LogP contribution in [-0.2, 0) is 15.0 Å². The fraction of sp³-hybridized carbons (Fsp3) is 0.440. The van der Waals surface area contributed by atoms with Gasteiger partial charge in [0.25, 0.3) is 0 Å². The summed E-state index contributed by atoms with van der Waals surface area (Å²) in [5.74, 6) is -0.623. The number of likely N-dealkylation sites (N-methyl/N-ethyl adjacent to an activating group) is 1. The minimum absolute atomic E-state index is 0.0685. The van der Waals surface area contributed by atoms with Crippen molar-refractivity contribution in [3.8, 4) is 0 Å². The summed E-state index contributed by atoms with van der Waals surface area (Å²) in [4.78, 5) is 28.9. The molecule has 2 aliphatic heterocycles. The molecule has 2 amide bonds. The van der Waals surface area contributed by atoms with Gasteiger partial charge in [-0.05, 0) is 47.2 Å². The number of benzene rings is 2. The van der Waals surface area contributed by atoms with Gasteiger partial charge in [0.05, 0.1) is 6.04 Å². The summed E-state index contributed by atoms with van der Waals surface area (Å²) in [7, 11) is 3.48. The lowest BCUT2D eigenvalue weighted by molar-refractivity contribution is -0.131. The Balaban J connectivity index is 2.01. The summed E-state index contributed by atoms with van der Waals surface area (Å²) in [5, 5.41) is 7.78. The molecule has 5 nitrogen and oxygen atoms in total. The number of nitrogens with zero attached hydrogens (tertiary/aromatic N) is 1. The number of rotatable bonds is 3. The van der Waals surface area contributed by atoms with Crippen molar-refractivity contribution < 1.29 is 9.59 Å². The van der Waals surface area contributed by atoms with Crippen molar-refractivity contribution in [3.05, 3.63) is 63.6 Å². The molecule has 0 bridgehead atoms. The van der Waals surface area contributed by atoms with Crippen LogP contribution in [0, 0.1) is 5.41 Å². The molecular weight excluding hydrogens is 445 g/mol. The number of fused-ring (bicyclic) bond motifs is 2. The van der Waals surface area contributed by atoms with Gasteiger partial charge in [-0.15, -0.1) is 0 Å². The first-order chi connectivity index (χ1) is 14.9. The zero-order chi connectivity index (χ0) is 23.4. The normalized spacial score (nSPS) is 26.8.